The monoisotopic (exact) mass is 291 g/mol. The van der Waals surface area contributed by atoms with E-state index in [9.17, 15) is 0 Å². The lowest BCUT2D eigenvalue weighted by atomic mass is 9.89. The Morgan fingerprint density at radius 1 is 0.864 bits per heavy atom. The Bertz CT molecular complexity index is 607. The van der Waals surface area contributed by atoms with E-state index in [4.69, 9.17) is 6.42 Å². The van der Waals surface area contributed by atoms with Crippen molar-refractivity contribution in [1.29, 1.82) is 0 Å². The van der Waals surface area contributed by atoms with E-state index in [0.717, 1.165) is 5.69 Å². The van der Waals surface area contributed by atoms with Crippen LogP contribution in [-0.4, -0.2) is 7.05 Å². The zero-order valence-electron chi connectivity index (χ0n) is 13.8. The van der Waals surface area contributed by atoms with Gasteiger partial charge in [-0.1, -0.05) is 62.7 Å². The molecule has 0 saturated carbocycles. The largest absolute Gasteiger partial charge is 0.305 e. The fourth-order valence-electron chi connectivity index (χ4n) is 2.72. The van der Waals surface area contributed by atoms with Crippen molar-refractivity contribution in [2.45, 2.75) is 38.5 Å². The zero-order valence-corrected chi connectivity index (χ0v) is 13.8. The first kappa shape index (κ1) is 16.2. The average molecular weight is 291 g/mol. The van der Waals surface area contributed by atoms with Gasteiger partial charge in [0.1, 0.15) is 0 Å². The van der Waals surface area contributed by atoms with Crippen molar-refractivity contribution >= 4 is 5.69 Å². The van der Waals surface area contributed by atoms with Gasteiger partial charge in [0.15, 0.2) is 0 Å². The molecule has 0 radical (unpaired) electrons. The summed E-state index contributed by atoms with van der Waals surface area (Å²) in [6.45, 7) is 4.62. The van der Waals surface area contributed by atoms with Crippen LogP contribution in [0, 0.1) is 12.5 Å². The first-order valence-electron chi connectivity index (χ1n) is 7.96. The molecule has 0 aliphatic carbocycles. The van der Waals surface area contributed by atoms with Crippen molar-refractivity contribution in [2.24, 2.45) is 0 Å². The van der Waals surface area contributed by atoms with Crippen molar-refractivity contribution in [3.8, 4) is 12.5 Å². The minimum atomic E-state index is 0.566. The molecule has 0 amide bonds. The van der Waals surface area contributed by atoms with E-state index < -0.39 is 0 Å². The molecule has 2 atom stereocenters. The molecule has 114 valence electrons. The first-order chi connectivity index (χ1) is 10.6. The van der Waals surface area contributed by atoms with E-state index in [1.54, 1.807) is 4.90 Å². The summed E-state index contributed by atoms with van der Waals surface area (Å²) < 4.78 is 0. The van der Waals surface area contributed by atoms with Crippen LogP contribution in [0.1, 0.15) is 49.7 Å². The zero-order chi connectivity index (χ0) is 15.9. The summed E-state index contributed by atoms with van der Waals surface area (Å²) in [7, 11) is 1.90. The van der Waals surface area contributed by atoms with E-state index >= 15 is 0 Å². The van der Waals surface area contributed by atoms with Crippen LogP contribution < -0.4 is 4.90 Å². The molecule has 0 saturated heterocycles. The van der Waals surface area contributed by atoms with E-state index in [2.05, 4.69) is 74.5 Å². The molecule has 22 heavy (non-hydrogen) atoms. The van der Waals surface area contributed by atoms with Crippen LogP contribution in [0.3, 0.4) is 0 Å². The van der Waals surface area contributed by atoms with Gasteiger partial charge < -0.3 is 4.90 Å². The maximum absolute atomic E-state index is 5.41. The van der Waals surface area contributed by atoms with Gasteiger partial charge in [-0.3, -0.25) is 0 Å². The smallest absolute Gasteiger partial charge is 0.0485 e. The van der Waals surface area contributed by atoms with E-state index in [1.807, 2.05) is 7.05 Å². The Balaban J connectivity index is 1.92. The number of anilines is 1. The number of nitrogens with zero attached hydrogens (tertiary/aromatic N) is 1. The van der Waals surface area contributed by atoms with Crippen LogP contribution in [0.5, 0.6) is 0 Å². The Labute approximate surface area is 135 Å². The molecule has 0 aliphatic rings. The molecule has 0 spiro atoms. The molecule has 1 nitrogen and oxygen atoms in total. The number of hydrogen-bond donors (Lipinski definition) is 0. The Hall–Kier alpha value is -2.20. The van der Waals surface area contributed by atoms with Crippen molar-refractivity contribution in [3.05, 3.63) is 65.7 Å². The quantitative estimate of drug-likeness (QED) is 0.508. The van der Waals surface area contributed by atoms with Crippen LogP contribution in [0.2, 0.25) is 0 Å². The lowest BCUT2D eigenvalue weighted by molar-refractivity contribution is 0.574. The number of terminal acetylenes is 1. The molecule has 0 aromatic heterocycles. The van der Waals surface area contributed by atoms with Crippen molar-refractivity contribution < 1.29 is 0 Å². The van der Waals surface area contributed by atoms with Crippen molar-refractivity contribution in [3.63, 3.8) is 0 Å². The lowest BCUT2D eigenvalue weighted by Gasteiger charge is -2.17. The molecule has 2 aromatic rings. The van der Waals surface area contributed by atoms with Gasteiger partial charge in [-0.25, -0.2) is 0 Å². The third-order valence-corrected chi connectivity index (χ3v) is 4.44. The molecule has 2 rings (SSSR count). The van der Waals surface area contributed by atoms with Gasteiger partial charge in [0.2, 0.25) is 0 Å². The van der Waals surface area contributed by atoms with Gasteiger partial charge in [-0.15, -0.1) is 0 Å². The van der Waals surface area contributed by atoms with Crippen LogP contribution in [-0.2, 0) is 0 Å². The third kappa shape index (κ3) is 4.15. The normalized spacial score (nSPS) is 13.2. The fraction of sp³-hybridized carbons (Fsp3) is 0.333. The van der Waals surface area contributed by atoms with Crippen LogP contribution >= 0.6 is 0 Å². The molecule has 0 fully saturated rings. The van der Waals surface area contributed by atoms with Gasteiger partial charge in [0, 0.05) is 18.8 Å². The Kier molecular flexibility index (Phi) is 5.67. The molecule has 2 unspecified atom stereocenters. The average Bonchev–Trinajstić information content (AvgIpc) is 2.59. The summed E-state index contributed by atoms with van der Waals surface area (Å²) in [5.41, 5.74) is 3.88. The highest BCUT2D eigenvalue weighted by atomic mass is 15.1. The molecular formula is C21H25N. The third-order valence-electron chi connectivity index (χ3n) is 4.44. The van der Waals surface area contributed by atoms with Gasteiger partial charge in [-0.2, -0.15) is 0 Å². The maximum Gasteiger partial charge on any atom is 0.0485 e. The molecule has 0 aliphatic heterocycles. The predicted molar refractivity (Wildman–Crippen MR) is 96.2 cm³/mol. The van der Waals surface area contributed by atoms with Gasteiger partial charge >= 0.3 is 0 Å². The Morgan fingerprint density at radius 2 is 1.36 bits per heavy atom. The summed E-state index contributed by atoms with van der Waals surface area (Å²) >= 11 is 0. The molecule has 2 aromatic carbocycles. The summed E-state index contributed by atoms with van der Waals surface area (Å²) in [6.07, 6.45) is 7.81. The highest BCUT2D eigenvalue weighted by Crippen LogP contribution is 2.28. The second kappa shape index (κ2) is 7.71. The minimum absolute atomic E-state index is 0.566. The number of hydrogen-bond acceptors (Lipinski definition) is 1. The van der Waals surface area contributed by atoms with Crippen LogP contribution in [0.4, 0.5) is 5.69 Å². The molecular weight excluding hydrogens is 266 g/mol. The Morgan fingerprint density at radius 3 is 1.86 bits per heavy atom. The molecule has 1 heteroatoms. The standard InChI is InChI=1S/C21H25N/c1-5-22(4)21-15-13-20(14-16-21)18(3)12-11-17(2)19-9-7-6-8-10-19/h1,6-10,13-18H,11-12H2,2-4H3. The van der Waals surface area contributed by atoms with Gasteiger partial charge in [0.25, 0.3) is 0 Å². The predicted octanol–water partition coefficient (Wildman–Crippen LogP) is 5.40. The molecule has 0 bridgehead atoms. The van der Waals surface area contributed by atoms with Gasteiger partial charge in [0.05, 0.1) is 0 Å². The molecule has 0 N–H and O–H groups in total. The summed E-state index contributed by atoms with van der Waals surface area (Å²) in [4.78, 5) is 1.80. The van der Waals surface area contributed by atoms with Crippen molar-refractivity contribution in [1.82, 2.24) is 0 Å². The first-order valence-corrected chi connectivity index (χ1v) is 7.96. The number of benzene rings is 2. The second-order valence-corrected chi connectivity index (χ2v) is 6.07. The number of rotatable bonds is 6. The maximum atomic E-state index is 5.41. The minimum Gasteiger partial charge on any atom is -0.305 e. The SMILES string of the molecule is C#CN(C)c1ccc(C(C)CCC(C)c2ccccc2)cc1. The lowest BCUT2D eigenvalue weighted by Crippen LogP contribution is -2.08. The van der Waals surface area contributed by atoms with E-state index in [0.29, 0.717) is 11.8 Å². The van der Waals surface area contributed by atoms with E-state index in [-0.39, 0.29) is 0 Å². The fourth-order valence-corrected chi connectivity index (χ4v) is 2.72. The van der Waals surface area contributed by atoms with Crippen LogP contribution in [0.25, 0.3) is 0 Å². The topological polar surface area (TPSA) is 3.24 Å². The highest BCUT2D eigenvalue weighted by molar-refractivity contribution is 5.51. The van der Waals surface area contributed by atoms with Crippen molar-refractivity contribution in [2.75, 3.05) is 11.9 Å². The van der Waals surface area contributed by atoms with E-state index in [1.165, 1.54) is 24.0 Å². The second-order valence-electron chi connectivity index (χ2n) is 6.07. The summed E-state index contributed by atoms with van der Waals surface area (Å²) in [5.74, 6) is 1.17. The molecule has 0 heterocycles. The van der Waals surface area contributed by atoms with Crippen LogP contribution in [0.15, 0.2) is 54.6 Å². The van der Waals surface area contributed by atoms with Gasteiger partial charge in [-0.05, 0) is 47.9 Å². The highest BCUT2D eigenvalue weighted by Gasteiger charge is 2.10. The summed E-state index contributed by atoms with van der Waals surface area (Å²) in [5, 5.41) is 0. The summed E-state index contributed by atoms with van der Waals surface area (Å²) in [6, 6.07) is 22.0.